The zero-order valence-corrected chi connectivity index (χ0v) is 11.5. The van der Waals surface area contributed by atoms with Gasteiger partial charge in [-0.25, -0.2) is 8.42 Å². The highest BCUT2D eigenvalue weighted by atomic mass is 32.2. The predicted octanol–water partition coefficient (Wildman–Crippen LogP) is 1.14. The number of benzene rings is 1. The monoisotopic (exact) mass is 272 g/mol. The number of nitrogens with one attached hydrogen (secondary N) is 1. The molecule has 0 bridgehead atoms. The van der Waals surface area contributed by atoms with E-state index in [9.17, 15) is 13.2 Å². The van der Waals surface area contributed by atoms with Crippen molar-refractivity contribution < 1.29 is 18.0 Å². The van der Waals surface area contributed by atoms with Crippen LogP contribution in [0, 0.1) is 6.92 Å². The first-order valence-electron chi connectivity index (χ1n) is 5.20. The SMILES string of the molecule is CON(C)S(=O)(=O)c1cc(NC(C)=O)ccc1C. The second kappa shape index (κ2) is 5.47. The molecule has 0 aromatic heterocycles. The fraction of sp³-hybridized carbons (Fsp3) is 0.364. The lowest BCUT2D eigenvalue weighted by Crippen LogP contribution is -2.26. The van der Waals surface area contributed by atoms with Gasteiger partial charge in [-0.05, 0) is 24.6 Å². The minimum absolute atomic E-state index is 0.0955. The van der Waals surface area contributed by atoms with Gasteiger partial charge >= 0.3 is 0 Å². The molecule has 0 saturated heterocycles. The second-order valence-corrected chi connectivity index (χ2v) is 5.66. The molecule has 6 nitrogen and oxygen atoms in total. The first-order valence-corrected chi connectivity index (χ1v) is 6.64. The maximum Gasteiger partial charge on any atom is 0.265 e. The van der Waals surface area contributed by atoms with Gasteiger partial charge in [-0.3, -0.25) is 9.63 Å². The van der Waals surface area contributed by atoms with E-state index in [1.165, 1.54) is 27.1 Å². The smallest absolute Gasteiger partial charge is 0.265 e. The summed E-state index contributed by atoms with van der Waals surface area (Å²) in [4.78, 5) is 15.8. The van der Waals surface area contributed by atoms with Gasteiger partial charge in [-0.15, -0.1) is 0 Å². The molecule has 1 aromatic carbocycles. The summed E-state index contributed by atoms with van der Waals surface area (Å²) in [5, 5.41) is 2.54. The minimum atomic E-state index is -3.72. The average molecular weight is 272 g/mol. The first-order chi connectivity index (χ1) is 8.28. The fourth-order valence-corrected chi connectivity index (χ4v) is 2.62. The molecular formula is C11H16N2O4S. The highest BCUT2D eigenvalue weighted by molar-refractivity contribution is 7.89. The van der Waals surface area contributed by atoms with E-state index in [1.807, 2.05) is 0 Å². The number of rotatable bonds is 4. The largest absolute Gasteiger partial charge is 0.326 e. The number of hydrogen-bond donors (Lipinski definition) is 1. The van der Waals surface area contributed by atoms with Crippen LogP contribution >= 0.6 is 0 Å². The number of sulfonamides is 1. The van der Waals surface area contributed by atoms with Crippen LogP contribution in [0.15, 0.2) is 23.1 Å². The van der Waals surface area contributed by atoms with Crippen molar-refractivity contribution in [3.05, 3.63) is 23.8 Å². The van der Waals surface area contributed by atoms with Gasteiger partial charge in [0.15, 0.2) is 0 Å². The van der Waals surface area contributed by atoms with Crippen LogP contribution in [-0.2, 0) is 19.7 Å². The number of hydrogen-bond acceptors (Lipinski definition) is 4. The van der Waals surface area contributed by atoms with Crippen molar-refractivity contribution >= 4 is 21.6 Å². The number of carbonyl (C=O) groups excluding carboxylic acids is 1. The molecular weight excluding hydrogens is 256 g/mol. The van der Waals surface area contributed by atoms with Gasteiger partial charge in [-0.2, -0.15) is 0 Å². The number of aryl methyl sites for hydroxylation is 1. The zero-order valence-electron chi connectivity index (χ0n) is 10.7. The highest BCUT2D eigenvalue weighted by Crippen LogP contribution is 2.22. The summed E-state index contributed by atoms with van der Waals surface area (Å²) in [7, 11) is -1.14. The van der Waals surface area contributed by atoms with Crippen molar-refractivity contribution in [3.63, 3.8) is 0 Å². The van der Waals surface area contributed by atoms with Gasteiger partial charge in [0.1, 0.15) is 0 Å². The van der Waals surface area contributed by atoms with Gasteiger partial charge in [0, 0.05) is 19.7 Å². The lowest BCUT2D eigenvalue weighted by molar-refractivity contribution is -0.114. The summed E-state index contributed by atoms with van der Waals surface area (Å²) in [5.41, 5.74) is 1.00. The molecule has 0 unspecified atom stereocenters. The standard InChI is InChI=1S/C11H16N2O4S/c1-8-5-6-10(12-9(2)14)7-11(8)18(15,16)13(3)17-4/h5-7H,1-4H3,(H,12,14). The van der Waals surface area contributed by atoms with Crippen molar-refractivity contribution in [2.75, 3.05) is 19.5 Å². The van der Waals surface area contributed by atoms with Crippen molar-refractivity contribution in [3.8, 4) is 0 Å². The lowest BCUT2D eigenvalue weighted by Gasteiger charge is -2.16. The summed E-state index contributed by atoms with van der Waals surface area (Å²) in [5.74, 6) is -0.262. The molecule has 0 heterocycles. The summed E-state index contributed by atoms with van der Waals surface area (Å²) in [6, 6.07) is 4.67. The van der Waals surface area contributed by atoms with Crippen LogP contribution in [0.1, 0.15) is 12.5 Å². The molecule has 100 valence electrons. The molecule has 1 rings (SSSR count). The third kappa shape index (κ3) is 3.06. The minimum Gasteiger partial charge on any atom is -0.326 e. The van der Waals surface area contributed by atoms with E-state index >= 15 is 0 Å². The van der Waals surface area contributed by atoms with Crippen LogP contribution in [0.3, 0.4) is 0 Å². The Morgan fingerprint density at radius 3 is 2.50 bits per heavy atom. The molecule has 1 amide bonds. The molecule has 1 aromatic rings. The van der Waals surface area contributed by atoms with Crippen LogP contribution in [0.25, 0.3) is 0 Å². The molecule has 0 fully saturated rings. The Morgan fingerprint density at radius 1 is 1.39 bits per heavy atom. The van der Waals surface area contributed by atoms with E-state index in [4.69, 9.17) is 4.84 Å². The van der Waals surface area contributed by atoms with Gasteiger partial charge in [0.05, 0.1) is 12.0 Å². The quantitative estimate of drug-likeness (QED) is 0.834. The third-order valence-corrected chi connectivity index (χ3v) is 4.20. The Balaban J connectivity index is 3.27. The molecule has 18 heavy (non-hydrogen) atoms. The Morgan fingerprint density at radius 2 is 2.00 bits per heavy atom. The lowest BCUT2D eigenvalue weighted by atomic mass is 10.2. The van der Waals surface area contributed by atoms with Crippen molar-refractivity contribution in [2.24, 2.45) is 0 Å². The predicted molar refractivity (Wildman–Crippen MR) is 67.4 cm³/mol. The maximum absolute atomic E-state index is 12.1. The second-order valence-electron chi connectivity index (χ2n) is 3.76. The van der Waals surface area contributed by atoms with Crippen molar-refractivity contribution in [1.82, 2.24) is 4.47 Å². The summed E-state index contributed by atoms with van der Waals surface area (Å²) < 4.78 is 25.0. The molecule has 1 N–H and O–H groups in total. The van der Waals surface area contributed by atoms with E-state index in [0.29, 0.717) is 11.3 Å². The number of anilines is 1. The number of amides is 1. The van der Waals surface area contributed by atoms with E-state index < -0.39 is 10.0 Å². The third-order valence-electron chi connectivity index (χ3n) is 2.38. The van der Waals surface area contributed by atoms with Crippen molar-refractivity contribution in [1.29, 1.82) is 0 Å². The molecule has 0 aliphatic carbocycles. The Labute approximate surface area is 107 Å². The zero-order chi connectivity index (χ0) is 13.9. The van der Waals surface area contributed by atoms with E-state index in [0.717, 1.165) is 4.47 Å². The average Bonchev–Trinajstić information content (AvgIpc) is 2.29. The molecule has 0 radical (unpaired) electrons. The summed E-state index contributed by atoms with van der Waals surface area (Å²) in [6.45, 7) is 3.03. The van der Waals surface area contributed by atoms with E-state index in [2.05, 4.69) is 5.32 Å². The van der Waals surface area contributed by atoms with Gasteiger partial charge in [0.2, 0.25) is 5.91 Å². The Bertz CT molecular complexity index is 554. The number of carbonyl (C=O) groups is 1. The van der Waals surface area contributed by atoms with Gasteiger partial charge in [-0.1, -0.05) is 10.5 Å². The van der Waals surface area contributed by atoms with E-state index in [1.54, 1.807) is 19.1 Å². The van der Waals surface area contributed by atoms with Crippen LogP contribution in [0.2, 0.25) is 0 Å². The number of hydroxylamine groups is 1. The Kier molecular flexibility index (Phi) is 4.44. The molecule has 0 atom stereocenters. The molecule has 7 heteroatoms. The van der Waals surface area contributed by atoms with Crippen LogP contribution < -0.4 is 5.32 Å². The van der Waals surface area contributed by atoms with Crippen LogP contribution in [-0.4, -0.2) is 33.0 Å². The number of nitrogens with zero attached hydrogens (tertiary/aromatic N) is 1. The normalized spacial score (nSPS) is 11.6. The first kappa shape index (κ1) is 14.6. The topological polar surface area (TPSA) is 75.7 Å². The fourth-order valence-electron chi connectivity index (χ4n) is 1.40. The van der Waals surface area contributed by atoms with Crippen LogP contribution in [0.4, 0.5) is 5.69 Å². The maximum atomic E-state index is 12.1. The highest BCUT2D eigenvalue weighted by Gasteiger charge is 2.23. The molecule has 0 aliphatic rings. The molecule has 0 spiro atoms. The van der Waals surface area contributed by atoms with Crippen molar-refractivity contribution in [2.45, 2.75) is 18.7 Å². The Hall–Kier alpha value is -1.44. The molecule has 0 saturated carbocycles. The van der Waals surface area contributed by atoms with Gasteiger partial charge < -0.3 is 5.32 Å². The summed E-state index contributed by atoms with van der Waals surface area (Å²) >= 11 is 0. The summed E-state index contributed by atoms with van der Waals surface area (Å²) in [6.07, 6.45) is 0. The molecule has 0 aliphatic heterocycles. The van der Waals surface area contributed by atoms with Crippen LogP contribution in [0.5, 0.6) is 0 Å². The van der Waals surface area contributed by atoms with E-state index in [-0.39, 0.29) is 10.8 Å². The van der Waals surface area contributed by atoms with Gasteiger partial charge in [0.25, 0.3) is 10.0 Å².